The van der Waals surface area contributed by atoms with E-state index in [1.165, 1.54) is 6.92 Å². The Balaban J connectivity index is 1.96. The number of rotatable bonds is 5. The Bertz CT molecular complexity index is 721. The molecule has 0 unspecified atom stereocenters. The Morgan fingerprint density at radius 3 is 2.43 bits per heavy atom. The van der Waals surface area contributed by atoms with Crippen LogP contribution in [0.3, 0.4) is 0 Å². The zero-order chi connectivity index (χ0) is 17.0. The molecule has 0 spiro atoms. The molecule has 23 heavy (non-hydrogen) atoms. The lowest BCUT2D eigenvalue weighted by atomic mass is 10.1. The Morgan fingerprint density at radius 1 is 1.22 bits per heavy atom. The van der Waals surface area contributed by atoms with E-state index >= 15 is 0 Å². The van der Waals surface area contributed by atoms with Gasteiger partial charge in [0.15, 0.2) is 12.4 Å². The summed E-state index contributed by atoms with van der Waals surface area (Å²) in [6.07, 6.45) is 0. The summed E-state index contributed by atoms with van der Waals surface area (Å²) < 4.78 is 6.35. The summed E-state index contributed by atoms with van der Waals surface area (Å²) in [7, 11) is 0. The highest BCUT2D eigenvalue weighted by Crippen LogP contribution is 2.31. The van der Waals surface area contributed by atoms with Gasteiger partial charge in [-0.1, -0.05) is 27.5 Å². The maximum Gasteiger partial charge on any atom is 0.262 e. The third kappa shape index (κ3) is 4.81. The molecular formula is C17H15BrClNO3. The monoisotopic (exact) mass is 395 g/mol. The minimum Gasteiger partial charge on any atom is -0.482 e. The predicted octanol–water partition coefficient (Wildman–Crippen LogP) is 4.63. The van der Waals surface area contributed by atoms with Crippen LogP contribution in [0.4, 0.5) is 5.69 Å². The van der Waals surface area contributed by atoms with Gasteiger partial charge in [-0.2, -0.15) is 0 Å². The van der Waals surface area contributed by atoms with Crippen LogP contribution < -0.4 is 10.1 Å². The van der Waals surface area contributed by atoms with Crippen LogP contribution >= 0.6 is 27.5 Å². The van der Waals surface area contributed by atoms with Gasteiger partial charge in [-0.05, 0) is 55.8 Å². The van der Waals surface area contributed by atoms with Crippen LogP contribution in [0.5, 0.6) is 5.75 Å². The molecule has 0 saturated carbocycles. The van der Waals surface area contributed by atoms with Gasteiger partial charge >= 0.3 is 0 Å². The first-order valence-electron chi connectivity index (χ1n) is 6.86. The third-order valence-corrected chi connectivity index (χ3v) is 3.86. The summed E-state index contributed by atoms with van der Waals surface area (Å²) in [6.45, 7) is 3.19. The number of nitrogens with one attached hydrogen (secondary N) is 1. The average molecular weight is 397 g/mol. The number of hydrogen-bond donors (Lipinski definition) is 1. The third-order valence-electron chi connectivity index (χ3n) is 3.12. The summed E-state index contributed by atoms with van der Waals surface area (Å²) in [4.78, 5) is 23.1. The van der Waals surface area contributed by atoms with Crippen molar-refractivity contribution in [2.75, 3.05) is 11.9 Å². The fourth-order valence-electron chi connectivity index (χ4n) is 1.99. The van der Waals surface area contributed by atoms with Crippen molar-refractivity contribution in [2.45, 2.75) is 13.8 Å². The van der Waals surface area contributed by atoms with Gasteiger partial charge < -0.3 is 10.1 Å². The van der Waals surface area contributed by atoms with Crippen LogP contribution in [-0.4, -0.2) is 18.3 Å². The number of benzene rings is 2. The zero-order valence-electron chi connectivity index (χ0n) is 12.7. The number of hydrogen-bond acceptors (Lipinski definition) is 3. The number of Topliss-reactive ketones (excluding diaryl/α,β-unsaturated/α-hetero) is 1. The van der Waals surface area contributed by atoms with Crippen molar-refractivity contribution in [3.05, 3.63) is 57.0 Å². The highest BCUT2D eigenvalue weighted by atomic mass is 79.9. The number of carbonyl (C=O) groups excluding carboxylic acids is 2. The molecule has 0 fully saturated rings. The van der Waals surface area contributed by atoms with Gasteiger partial charge in [-0.25, -0.2) is 0 Å². The second-order valence-electron chi connectivity index (χ2n) is 5.00. The number of ether oxygens (including phenoxy) is 1. The Morgan fingerprint density at radius 2 is 1.87 bits per heavy atom. The molecule has 120 valence electrons. The maximum atomic E-state index is 11.9. The van der Waals surface area contributed by atoms with Gasteiger partial charge in [0.05, 0.1) is 5.02 Å². The van der Waals surface area contributed by atoms with Gasteiger partial charge in [0.25, 0.3) is 5.91 Å². The van der Waals surface area contributed by atoms with Crippen molar-refractivity contribution in [1.29, 1.82) is 0 Å². The van der Waals surface area contributed by atoms with E-state index in [2.05, 4.69) is 21.2 Å². The van der Waals surface area contributed by atoms with Crippen molar-refractivity contribution in [1.82, 2.24) is 0 Å². The topological polar surface area (TPSA) is 55.4 Å². The molecule has 4 nitrogen and oxygen atoms in total. The highest BCUT2D eigenvalue weighted by molar-refractivity contribution is 9.10. The first-order valence-corrected chi connectivity index (χ1v) is 8.03. The molecule has 0 aromatic heterocycles. The molecule has 0 atom stereocenters. The van der Waals surface area contributed by atoms with Gasteiger partial charge in [0.2, 0.25) is 0 Å². The van der Waals surface area contributed by atoms with E-state index < -0.39 is 0 Å². The smallest absolute Gasteiger partial charge is 0.262 e. The standard InChI is InChI=1S/C17H15BrClNO3/c1-10-7-13(18)8-15(19)17(10)23-9-16(22)20-14-5-3-12(4-6-14)11(2)21/h3-8H,9H2,1-2H3,(H,20,22). The Hall–Kier alpha value is -1.85. The van der Waals surface area contributed by atoms with Crippen molar-refractivity contribution < 1.29 is 14.3 Å². The van der Waals surface area contributed by atoms with E-state index in [4.69, 9.17) is 16.3 Å². The summed E-state index contributed by atoms with van der Waals surface area (Å²) in [6, 6.07) is 10.2. The number of halogens is 2. The highest BCUT2D eigenvalue weighted by Gasteiger charge is 2.10. The second kappa shape index (κ2) is 7.62. The van der Waals surface area contributed by atoms with Crippen LogP contribution in [0.25, 0.3) is 0 Å². The van der Waals surface area contributed by atoms with Crippen LogP contribution in [0.1, 0.15) is 22.8 Å². The molecule has 0 aliphatic heterocycles. The fourth-order valence-corrected chi connectivity index (χ4v) is 3.02. The molecular weight excluding hydrogens is 382 g/mol. The Kier molecular flexibility index (Phi) is 5.80. The molecule has 1 amide bonds. The molecule has 2 rings (SSSR count). The van der Waals surface area contributed by atoms with Crippen LogP contribution in [0, 0.1) is 6.92 Å². The van der Waals surface area contributed by atoms with E-state index in [0.717, 1.165) is 10.0 Å². The number of carbonyl (C=O) groups is 2. The van der Waals surface area contributed by atoms with Gasteiger partial charge in [0, 0.05) is 15.7 Å². The molecule has 0 heterocycles. The van der Waals surface area contributed by atoms with E-state index in [1.807, 2.05) is 13.0 Å². The fraction of sp³-hybridized carbons (Fsp3) is 0.176. The number of ketones is 1. The van der Waals surface area contributed by atoms with Crippen molar-refractivity contribution >= 4 is 44.9 Å². The van der Waals surface area contributed by atoms with E-state index in [-0.39, 0.29) is 18.3 Å². The number of anilines is 1. The first-order chi connectivity index (χ1) is 10.9. The van der Waals surface area contributed by atoms with Crippen molar-refractivity contribution in [2.24, 2.45) is 0 Å². The van der Waals surface area contributed by atoms with E-state index in [9.17, 15) is 9.59 Å². The minimum atomic E-state index is -0.307. The number of aryl methyl sites for hydroxylation is 1. The lowest BCUT2D eigenvalue weighted by molar-refractivity contribution is -0.118. The SMILES string of the molecule is CC(=O)c1ccc(NC(=O)COc2c(C)cc(Br)cc2Cl)cc1. The van der Waals surface area contributed by atoms with Gasteiger partial charge in [-0.3, -0.25) is 9.59 Å². The average Bonchev–Trinajstić information content (AvgIpc) is 2.46. The molecule has 1 N–H and O–H groups in total. The molecule has 2 aromatic carbocycles. The van der Waals surface area contributed by atoms with Crippen molar-refractivity contribution in [3.63, 3.8) is 0 Å². The van der Waals surface area contributed by atoms with Crippen molar-refractivity contribution in [3.8, 4) is 5.75 Å². The lowest BCUT2D eigenvalue weighted by Crippen LogP contribution is -2.20. The summed E-state index contributed by atoms with van der Waals surface area (Å²) in [5, 5.41) is 3.14. The summed E-state index contributed by atoms with van der Waals surface area (Å²) in [5.41, 5.74) is 2.03. The minimum absolute atomic E-state index is 0.0217. The Labute approximate surface area is 147 Å². The van der Waals surface area contributed by atoms with Crippen LogP contribution in [0.15, 0.2) is 40.9 Å². The molecule has 2 aromatic rings. The molecule has 0 aliphatic carbocycles. The molecule has 0 saturated heterocycles. The van der Waals surface area contributed by atoms with E-state index in [1.54, 1.807) is 30.3 Å². The summed E-state index contributed by atoms with van der Waals surface area (Å²) >= 11 is 9.45. The van der Waals surface area contributed by atoms with Crippen LogP contribution in [-0.2, 0) is 4.79 Å². The lowest BCUT2D eigenvalue weighted by Gasteiger charge is -2.12. The maximum absolute atomic E-state index is 11.9. The zero-order valence-corrected chi connectivity index (χ0v) is 15.0. The molecule has 0 bridgehead atoms. The van der Waals surface area contributed by atoms with Gasteiger partial charge in [-0.15, -0.1) is 0 Å². The first kappa shape index (κ1) is 17.5. The van der Waals surface area contributed by atoms with Gasteiger partial charge in [0.1, 0.15) is 5.75 Å². The molecule has 0 aliphatic rings. The largest absolute Gasteiger partial charge is 0.482 e. The quantitative estimate of drug-likeness (QED) is 0.750. The second-order valence-corrected chi connectivity index (χ2v) is 6.33. The molecule has 0 radical (unpaired) electrons. The van der Waals surface area contributed by atoms with Crippen LogP contribution in [0.2, 0.25) is 5.02 Å². The van der Waals surface area contributed by atoms with E-state index in [0.29, 0.717) is 22.0 Å². The normalized spacial score (nSPS) is 10.3. The summed E-state index contributed by atoms with van der Waals surface area (Å²) in [5.74, 6) is 0.155. The predicted molar refractivity (Wildman–Crippen MR) is 94.5 cm³/mol. The number of amides is 1. The molecule has 6 heteroatoms.